The van der Waals surface area contributed by atoms with Gasteiger partial charge in [0.15, 0.2) is 11.5 Å². The maximum Gasteiger partial charge on any atom is 0.231 e. The topological polar surface area (TPSA) is 47.6 Å². The summed E-state index contributed by atoms with van der Waals surface area (Å²) in [5, 5.41) is 2.97. The molecule has 1 amide bonds. The van der Waals surface area contributed by atoms with E-state index in [1.165, 1.54) is 19.3 Å². The first-order chi connectivity index (χ1) is 9.79. The van der Waals surface area contributed by atoms with Crippen LogP contribution in [0.25, 0.3) is 0 Å². The Hall–Kier alpha value is -1.71. The summed E-state index contributed by atoms with van der Waals surface area (Å²) in [7, 11) is 0. The number of amides is 1. The van der Waals surface area contributed by atoms with Gasteiger partial charge in [0.1, 0.15) is 0 Å². The first kappa shape index (κ1) is 14.7. The Morgan fingerprint density at radius 3 is 2.90 bits per heavy atom. The highest BCUT2D eigenvalue weighted by atomic mass is 16.7. The molecule has 1 heterocycles. The van der Waals surface area contributed by atoms with E-state index >= 15 is 0 Å². The molecule has 110 valence electrons. The number of carbonyl (C=O) groups excluding carboxylic acids is 1. The second-order valence-electron chi connectivity index (χ2n) is 5.10. The highest BCUT2D eigenvalue weighted by molar-refractivity contribution is 5.76. The van der Waals surface area contributed by atoms with Crippen LogP contribution in [0, 0.1) is 0 Å². The highest BCUT2D eigenvalue weighted by Gasteiger charge is 2.13. The molecule has 2 rings (SSSR count). The van der Waals surface area contributed by atoms with Gasteiger partial charge in [-0.2, -0.15) is 0 Å². The minimum Gasteiger partial charge on any atom is -0.454 e. The summed E-state index contributed by atoms with van der Waals surface area (Å²) in [6, 6.07) is 5.85. The van der Waals surface area contributed by atoms with Crippen molar-refractivity contribution in [3.05, 3.63) is 23.8 Å². The maximum atomic E-state index is 11.7. The second kappa shape index (κ2) is 7.78. The molecule has 0 aromatic heterocycles. The van der Waals surface area contributed by atoms with Crippen molar-refractivity contribution < 1.29 is 14.3 Å². The lowest BCUT2D eigenvalue weighted by Gasteiger charge is -2.05. The minimum atomic E-state index is 0.124. The van der Waals surface area contributed by atoms with Crippen LogP contribution >= 0.6 is 0 Å². The molecule has 0 radical (unpaired) electrons. The lowest BCUT2D eigenvalue weighted by Crippen LogP contribution is -2.24. The number of unbranched alkanes of at least 4 members (excludes halogenated alkanes) is 3. The van der Waals surface area contributed by atoms with E-state index in [0.717, 1.165) is 36.4 Å². The number of ether oxygens (including phenoxy) is 2. The number of aryl methyl sites for hydroxylation is 1. The fourth-order valence-electron chi connectivity index (χ4n) is 2.22. The van der Waals surface area contributed by atoms with Crippen LogP contribution in [-0.4, -0.2) is 19.2 Å². The standard InChI is InChI=1S/C16H23NO3/c1-2-3-4-5-10-17-16(18)9-7-13-6-8-14-15(11-13)20-12-19-14/h6,8,11H,2-5,7,9-10,12H2,1H3,(H,17,18). The average Bonchev–Trinajstić information content (AvgIpc) is 2.92. The highest BCUT2D eigenvalue weighted by Crippen LogP contribution is 2.32. The number of hydrogen-bond donors (Lipinski definition) is 1. The van der Waals surface area contributed by atoms with Crippen LogP contribution in [0.2, 0.25) is 0 Å². The fraction of sp³-hybridized carbons (Fsp3) is 0.562. The van der Waals surface area contributed by atoms with Crippen molar-refractivity contribution >= 4 is 5.91 Å². The van der Waals surface area contributed by atoms with Crippen LogP contribution in [0.5, 0.6) is 11.5 Å². The first-order valence-corrected chi connectivity index (χ1v) is 7.45. The van der Waals surface area contributed by atoms with Crippen LogP contribution in [-0.2, 0) is 11.2 Å². The van der Waals surface area contributed by atoms with Gasteiger partial charge >= 0.3 is 0 Å². The summed E-state index contributed by atoms with van der Waals surface area (Å²) < 4.78 is 10.6. The lowest BCUT2D eigenvalue weighted by molar-refractivity contribution is -0.121. The zero-order valence-electron chi connectivity index (χ0n) is 12.1. The molecule has 0 fully saturated rings. The van der Waals surface area contributed by atoms with E-state index < -0.39 is 0 Å². The molecule has 4 heteroatoms. The van der Waals surface area contributed by atoms with E-state index in [1.54, 1.807) is 0 Å². The van der Waals surface area contributed by atoms with Gasteiger partial charge in [0.2, 0.25) is 12.7 Å². The van der Waals surface area contributed by atoms with Gasteiger partial charge in [-0.25, -0.2) is 0 Å². The second-order valence-corrected chi connectivity index (χ2v) is 5.10. The van der Waals surface area contributed by atoms with E-state index in [1.807, 2.05) is 18.2 Å². The first-order valence-electron chi connectivity index (χ1n) is 7.45. The molecule has 1 aromatic carbocycles. The van der Waals surface area contributed by atoms with Crippen molar-refractivity contribution in [3.63, 3.8) is 0 Å². The summed E-state index contributed by atoms with van der Waals surface area (Å²) in [5.41, 5.74) is 1.11. The van der Waals surface area contributed by atoms with Gasteiger partial charge in [0, 0.05) is 13.0 Å². The van der Waals surface area contributed by atoms with Gasteiger partial charge in [0.25, 0.3) is 0 Å². The Morgan fingerprint density at radius 1 is 1.20 bits per heavy atom. The van der Waals surface area contributed by atoms with Gasteiger partial charge in [0.05, 0.1) is 0 Å². The zero-order chi connectivity index (χ0) is 14.2. The Kier molecular flexibility index (Phi) is 5.71. The molecule has 1 N–H and O–H groups in total. The molecular formula is C16H23NO3. The summed E-state index contributed by atoms with van der Waals surface area (Å²) in [5.74, 6) is 1.69. The number of rotatable bonds is 8. The largest absolute Gasteiger partial charge is 0.454 e. The van der Waals surface area contributed by atoms with E-state index in [9.17, 15) is 4.79 Å². The molecule has 0 saturated carbocycles. The molecule has 4 nitrogen and oxygen atoms in total. The van der Waals surface area contributed by atoms with Crippen LogP contribution in [0.15, 0.2) is 18.2 Å². The predicted molar refractivity (Wildman–Crippen MR) is 78.0 cm³/mol. The third-order valence-electron chi connectivity index (χ3n) is 3.43. The fourth-order valence-corrected chi connectivity index (χ4v) is 2.22. The molecular weight excluding hydrogens is 254 g/mol. The van der Waals surface area contributed by atoms with E-state index in [4.69, 9.17) is 9.47 Å². The van der Waals surface area contributed by atoms with Crippen LogP contribution in [0.3, 0.4) is 0 Å². The van der Waals surface area contributed by atoms with Crippen molar-refractivity contribution in [3.8, 4) is 11.5 Å². The number of carbonyl (C=O) groups is 1. The summed E-state index contributed by atoms with van der Waals surface area (Å²) in [4.78, 5) is 11.7. The van der Waals surface area contributed by atoms with Crippen molar-refractivity contribution in [2.45, 2.75) is 45.4 Å². The molecule has 0 bridgehead atoms. The third-order valence-corrected chi connectivity index (χ3v) is 3.43. The summed E-state index contributed by atoms with van der Waals surface area (Å²) in [6.45, 7) is 3.26. The Labute approximate surface area is 120 Å². The summed E-state index contributed by atoms with van der Waals surface area (Å²) >= 11 is 0. The van der Waals surface area contributed by atoms with Gasteiger partial charge in [-0.3, -0.25) is 4.79 Å². The van der Waals surface area contributed by atoms with Crippen molar-refractivity contribution in [1.82, 2.24) is 5.32 Å². The van der Waals surface area contributed by atoms with Gasteiger partial charge < -0.3 is 14.8 Å². The Morgan fingerprint density at radius 2 is 2.05 bits per heavy atom. The Balaban J connectivity index is 1.66. The zero-order valence-corrected chi connectivity index (χ0v) is 12.1. The van der Waals surface area contributed by atoms with Crippen LogP contribution < -0.4 is 14.8 Å². The quantitative estimate of drug-likeness (QED) is 0.743. The van der Waals surface area contributed by atoms with Gasteiger partial charge in [-0.05, 0) is 30.5 Å². The molecule has 0 spiro atoms. The van der Waals surface area contributed by atoms with E-state index in [0.29, 0.717) is 6.42 Å². The van der Waals surface area contributed by atoms with Crippen molar-refractivity contribution in [2.75, 3.05) is 13.3 Å². The number of fused-ring (bicyclic) bond motifs is 1. The predicted octanol–water partition coefficient (Wildman–Crippen LogP) is 3.04. The smallest absolute Gasteiger partial charge is 0.231 e. The molecule has 1 aromatic rings. The minimum absolute atomic E-state index is 0.124. The molecule has 0 saturated heterocycles. The van der Waals surface area contributed by atoms with E-state index in [2.05, 4.69) is 12.2 Å². The average molecular weight is 277 g/mol. The van der Waals surface area contributed by atoms with Crippen LogP contribution in [0.1, 0.15) is 44.6 Å². The molecule has 0 aliphatic carbocycles. The molecule has 0 atom stereocenters. The monoisotopic (exact) mass is 277 g/mol. The number of hydrogen-bond acceptors (Lipinski definition) is 3. The van der Waals surface area contributed by atoms with Crippen molar-refractivity contribution in [2.24, 2.45) is 0 Å². The third kappa shape index (κ3) is 4.44. The van der Waals surface area contributed by atoms with Gasteiger partial charge in [-0.1, -0.05) is 32.3 Å². The molecule has 0 unspecified atom stereocenters. The Bertz CT molecular complexity index is 445. The SMILES string of the molecule is CCCCCCNC(=O)CCc1ccc2c(c1)OCO2. The molecule has 20 heavy (non-hydrogen) atoms. The lowest BCUT2D eigenvalue weighted by atomic mass is 10.1. The number of nitrogens with one attached hydrogen (secondary N) is 1. The van der Waals surface area contributed by atoms with Gasteiger partial charge in [-0.15, -0.1) is 0 Å². The van der Waals surface area contributed by atoms with Crippen molar-refractivity contribution in [1.29, 1.82) is 0 Å². The summed E-state index contributed by atoms with van der Waals surface area (Å²) in [6.07, 6.45) is 5.98. The maximum absolute atomic E-state index is 11.7. The van der Waals surface area contributed by atoms with Crippen LogP contribution in [0.4, 0.5) is 0 Å². The number of benzene rings is 1. The molecule has 1 aliphatic heterocycles. The molecule has 1 aliphatic rings. The van der Waals surface area contributed by atoms with E-state index in [-0.39, 0.29) is 12.7 Å². The normalized spacial score (nSPS) is 12.4.